The highest BCUT2D eigenvalue weighted by Crippen LogP contribution is 2.40. The minimum absolute atomic E-state index is 0.0349. The minimum atomic E-state index is -0.558. The Kier molecular flexibility index (Phi) is 5.26. The van der Waals surface area contributed by atoms with Crippen molar-refractivity contribution < 1.29 is 13.9 Å². The summed E-state index contributed by atoms with van der Waals surface area (Å²) in [7, 11) is 1.50. The van der Waals surface area contributed by atoms with Gasteiger partial charge in [0.25, 0.3) is 0 Å². The third kappa shape index (κ3) is 3.37. The summed E-state index contributed by atoms with van der Waals surface area (Å²) in [5.74, 6) is -0.321. The molecule has 0 atom stereocenters. The molecule has 0 radical (unpaired) electrons. The predicted molar refractivity (Wildman–Crippen MR) is 130 cm³/mol. The van der Waals surface area contributed by atoms with Crippen molar-refractivity contribution in [1.82, 2.24) is 19.9 Å². The van der Waals surface area contributed by atoms with Crippen LogP contribution in [0.1, 0.15) is 25.7 Å². The molecule has 4 heterocycles. The lowest BCUT2D eigenvalue weighted by atomic mass is 9.95. The van der Waals surface area contributed by atoms with E-state index in [1.807, 2.05) is 30.3 Å². The monoisotopic (exact) mass is 478 g/mol. The zero-order valence-electron chi connectivity index (χ0n) is 18.9. The molecule has 2 fully saturated rings. The molecule has 0 spiro atoms. The van der Waals surface area contributed by atoms with Gasteiger partial charge in [-0.25, -0.2) is 4.39 Å². The highest BCUT2D eigenvalue weighted by Gasteiger charge is 2.45. The first-order chi connectivity index (χ1) is 16.6. The van der Waals surface area contributed by atoms with Crippen LogP contribution >= 0.6 is 11.6 Å². The fourth-order valence-corrected chi connectivity index (χ4v) is 5.85. The van der Waals surface area contributed by atoms with Gasteiger partial charge in [-0.1, -0.05) is 41.9 Å². The summed E-state index contributed by atoms with van der Waals surface area (Å²) in [4.78, 5) is 15.8. The number of hydrogen-bond acceptors (Lipinski definition) is 6. The quantitative estimate of drug-likeness (QED) is 0.369. The standard InChI is InChI=1S/C26H24ClFN4O2/c1-33-24-18-14-29-22(17-8-2-6-16-7-3-9-19(27)20(16)17)21(28)23(18)30-25(31-24)34-15-26-10-4-12-32(26)13-5-11-26/h2-3,6-9,14H,4-5,10-13,15H2,1H3. The topological polar surface area (TPSA) is 60.4 Å². The summed E-state index contributed by atoms with van der Waals surface area (Å²) in [6.07, 6.45) is 6.08. The van der Waals surface area contributed by atoms with Crippen LogP contribution in [0.5, 0.6) is 11.9 Å². The molecule has 8 heteroatoms. The zero-order chi connectivity index (χ0) is 23.3. The second-order valence-electron chi connectivity index (χ2n) is 9.05. The van der Waals surface area contributed by atoms with Crippen molar-refractivity contribution in [3.05, 3.63) is 53.4 Å². The zero-order valence-corrected chi connectivity index (χ0v) is 19.6. The number of rotatable bonds is 5. The van der Waals surface area contributed by atoms with Gasteiger partial charge in [-0.2, -0.15) is 9.97 Å². The van der Waals surface area contributed by atoms with Gasteiger partial charge >= 0.3 is 6.01 Å². The fourth-order valence-electron chi connectivity index (χ4n) is 5.57. The molecular formula is C26H24ClFN4O2. The Bertz CT molecular complexity index is 1400. The number of aromatic nitrogens is 3. The summed E-state index contributed by atoms with van der Waals surface area (Å²) in [6, 6.07) is 11.3. The van der Waals surface area contributed by atoms with Crippen molar-refractivity contribution in [3.8, 4) is 23.1 Å². The van der Waals surface area contributed by atoms with Crippen LogP contribution in [-0.2, 0) is 0 Å². The first-order valence-corrected chi connectivity index (χ1v) is 11.9. The Labute approximate surface area is 201 Å². The molecule has 4 aromatic rings. The van der Waals surface area contributed by atoms with Crippen LogP contribution < -0.4 is 9.47 Å². The lowest BCUT2D eigenvalue weighted by molar-refractivity contribution is 0.107. The molecule has 34 heavy (non-hydrogen) atoms. The average molecular weight is 479 g/mol. The Balaban J connectivity index is 1.44. The van der Waals surface area contributed by atoms with Gasteiger partial charge in [-0.05, 0) is 50.2 Å². The van der Waals surface area contributed by atoms with E-state index in [-0.39, 0.29) is 28.6 Å². The van der Waals surface area contributed by atoms with Gasteiger partial charge in [0.2, 0.25) is 5.88 Å². The molecule has 0 saturated carbocycles. The summed E-state index contributed by atoms with van der Waals surface area (Å²) < 4.78 is 27.5. The molecule has 6 rings (SSSR count). The van der Waals surface area contributed by atoms with Crippen molar-refractivity contribution in [3.63, 3.8) is 0 Å². The molecule has 2 saturated heterocycles. The molecule has 0 aliphatic carbocycles. The Morgan fingerprint density at radius 3 is 2.62 bits per heavy atom. The maximum Gasteiger partial charge on any atom is 0.320 e. The van der Waals surface area contributed by atoms with Gasteiger partial charge < -0.3 is 9.47 Å². The number of halogens is 2. The second kappa shape index (κ2) is 8.32. The number of nitrogens with zero attached hydrogens (tertiary/aromatic N) is 4. The number of hydrogen-bond donors (Lipinski definition) is 0. The summed E-state index contributed by atoms with van der Waals surface area (Å²) in [5.41, 5.74) is 0.930. The minimum Gasteiger partial charge on any atom is -0.480 e. The normalized spacial score (nSPS) is 17.4. The molecule has 2 aromatic heterocycles. The third-order valence-electron chi connectivity index (χ3n) is 7.21. The van der Waals surface area contributed by atoms with E-state index in [2.05, 4.69) is 19.9 Å². The van der Waals surface area contributed by atoms with Crippen molar-refractivity contribution >= 4 is 33.3 Å². The van der Waals surface area contributed by atoms with Crippen molar-refractivity contribution in [2.45, 2.75) is 31.2 Å². The number of benzene rings is 2. The van der Waals surface area contributed by atoms with E-state index in [4.69, 9.17) is 21.1 Å². The molecule has 2 aromatic carbocycles. The molecule has 6 nitrogen and oxygen atoms in total. The van der Waals surface area contributed by atoms with Gasteiger partial charge in [0.05, 0.1) is 18.0 Å². The first-order valence-electron chi connectivity index (χ1n) is 11.6. The maximum absolute atomic E-state index is 16.0. The van der Waals surface area contributed by atoms with Crippen molar-refractivity contribution in [2.75, 3.05) is 26.8 Å². The van der Waals surface area contributed by atoms with Crippen LogP contribution in [-0.4, -0.2) is 52.2 Å². The maximum atomic E-state index is 16.0. The fraction of sp³-hybridized carbons (Fsp3) is 0.346. The van der Waals surface area contributed by atoms with Crippen LogP contribution in [0.15, 0.2) is 42.6 Å². The van der Waals surface area contributed by atoms with E-state index in [0.29, 0.717) is 22.6 Å². The van der Waals surface area contributed by atoms with E-state index < -0.39 is 5.82 Å². The van der Waals surface area contributed by atoms with E-state index in [9.17, 15) is 0 Å². The van der Waals surface area contributed by atoms with E-state index >= 15 is 4.39 Å². The lowest BCUT2D eigenvalue weighted by Gasteiger charge is -2.31. The lowest BCUT2D eigenvalue weighted by Crippen LogP contribution is -2.43. The average Bonchev–Trinajstić information content (AvgIpc) is 3.43. The molecule has 0 unspecified atom stereocenters. The Morgan fingerprint density at radius 1 is 1.09 bits per heavy atom. The number of pyridine rings is 1. The summed E-state index contributed by atoms with van der Waals surface area (Å²) >= 11 is 6.48. The molecule has 0 N–H and O–H groups in total. The second-order valence-corrected chi connectivity index (χ2v) is 9.46. The molecular weight excluding hydrogens is 455 g/mol. The largest absolute Gasteiger partial charge is 0.480 e. The highest BCUT2D eigenvalue weighted by molar-refractivity contribution is 6.36. The number of fused-ring (bicyclic) bond motifs is 3. The van der Waals surface area contributed by atoms with E-state index in [1.165, 1.54) is 20.0 Å². The number of ether oxygens (including phenoxy) is 2. The van der Waals surface area contributed by atoms with Crippen LogP contribution in [0.2, 0.25) is 5.02 Å². The van der Waals surface area contributed by atoms with Gasteiger partial charge in [-0.3, -0.25) is 9.88 Å². The molecule has 2 aliphatic rings. The SMILES string of the molecule is COc1nc(OCC23CCCN2CCC3)nc2c(F)c(-c3cccc4cccc(Cl)c34)ncc12. The van der Waals surface area contributed by atoms with Gasteiger partial charge in [0, 0.05) is 22.2 Å². The summed E-state index contributed by atoms with van der Waals surface area (Å²) in [5, 5.41) is 2.59. The van der Waals surface area contributed by atoms with E-state index in [0.717, 1.165) is 36.7 Å². The number of methoxy groups -OCH3 is 1. The van der Waals surface area contributed by atoms with Crippen LogP contribution in [0.25, 0.3) is 32.9 Å². The van der Waals surface area contributed by atoms with Gasteiger partial charge in [0.15, 0.2) is 5.82 Å². The summed E-state index contributed by atoms with van der Waals surface area (Å²) in [6.45, 7) is 2.69. The molecule has 2 aliphatic heterocycles. The Hall–Kier alpha value is -3.03. The molecule has 174 valence electrons. The van der Waals surface area contributed by atoms with Gasteiger partial charge in [0.1, 0.15) is 17.8 Å². The highest BCUT2D eigenvalue weighted by atomic mass is 35.5. The van der Waals surface area contributed by atoms with Crippen LogP contribution in [0.4, 0.5) is 4.39 Å². The first kappa shape index (κ1) is 21.5. The smallest absolute Gasteiger partial charge is 0.320 e. The van der Waals surface area contributed by atoms with Crippen molar-refractivity contribution in [1.29, 1.82) is 0 Å². The van der Waals surface area contributed by atoms with Crippen LogP contribution in [0, 0.1) is 5.82 Å². The third-order valence-corrected chi connectivity index (χ3v) is 7.53. The van der Waals surface area contributed by atoms with Gasteiger partial charge in [-0.15, -0.1) is 0 Å². The Morgan fingerprint density at radius 2 is 1.85 bits per heavy atom. The van der Waals surface area contributed by atoms with E-state index in [1.54, 1.807) is 12.3 Å². The predicted octanol–water partition coefficient (Wildman–Crippen LogP) is 5.65. The molecule has 0 bridgehead atoms. The molecule has 0 amide bonds. The van der Waals surface area contributed by atoms with Crippen LogP contribution in [0.3, 0.4) is 0 Å². The van der Waals surface area contributed by atoms with Crippen molar-refractivity contribution in [2.24, 2.45) is 0 Å².